The Kier molecular flexibility index (Phi) is 7.89. The average Bonchev–Trinajstić information content (AvgIpc) is 2.68. The number of rotatable bonds is 9. The molecule has 1 amide bonds. The Balaban J connectivity index is 1.78. The molecule has 2 aromatic carbocycles. The maximum atomic E-state index is 12.1. The molecule has 0 radical (unpaired) electrons. The smallest absolute Gasteiger partial charge is 0.260 e. The van der Waals surface area contributed by atoms with Crippen molar-refractivity contribution in [3.8, 4) is 11.5 Å². The molecule has 7 nitrogen and oxygen atoms in total. The molecule has 0 fully saturated rings. The van der Waals surface area contributed by atoms with Gasteiger partial charge >= 0.3 is 0 Å². The van der Waals surface area contributed by atoms with Crippen molar-refractivity contribution in [3.05, 3.63) is 53.1 Å². The number of amides is 1. The molecule has 1 atom stereocenters. The van der Waals surface area contributed by atoms with Gasteiger partial charge in [0.15, 0.2) is 6.10 Å². The zero-order valence-electron chi connectivity index (χ0n) is 16.8. The summed E-state index contributed by atoms with van der Waals surface area (Å²) in [5, 5.41) is 3.37. The van der Waals surface area contributed by atoms with E-state index in [0.717, 1.165) is 9.87 Å². The van der Waals surface area contributed by atoms with Crippen molar-refractivity contribution in [1.82, 2.24) is 9.62 Å². The number of nitrogens with zero attached hydrogens (tertiary/aromatic N) is 1. The van der Waals surface area contributed by atoms with Crippen LogP contribution in [-0.4, -0.2) is 52.0 Å². The van der Waals surface area contributed by atoms with Gasteiger partial charge in [-0.2, -0.15) is 0 Å². The van der Waals surface area contributed by atoms with Gasteiger partial charge in [-0.15, -0.1) is 0 Å². The lowest BCUT2D eigenvalue weighted by atomic mass is 10.2. The van der Waals surface area contributed by atoms with Gasteiger partial charge in [0.1, 0.15) is 18.1 Å². The summed E-state index contributed by atoms with van der Waals surface area (Å²) < 4.78 is 36.4. The Morgan fingerprint density at radius 2 is 1.76 bits per heavy atom. The SMILES string of the molecule is Cc1cc(O[C@H](C)C(=O)NCCOc2ccc(S(=O)(=O)N(C)C)cc2)ccc1Cl. The van der Waals surface area contributed by atoms with Crippen molar-refractivity contribution in [2.24, 2.45) is 0 Å². The fourth-order valence-electron chi connectivity index (χ4n) is 2.35. The molecule has 0 spiro atoms. The maximum absolute atomic E-state index is 12.1. The van der Waals surface area contributed by atoms with E-state index in [1.807, 2.05) is 6.92 Å². The van der Waals surface area contributed by atoms with Crippen LogP contribution in [0.25, 0.3) is 0 Å². The van der Waals surface area contributed by atoms with Crippen LogP contribution in [0.5, 0.6) is 11.5 Å². The first-order valence-corrected chi connectivity index (χ1v) is 10.8. The van der Waals surface area contributed by atoms with Gasteiger partial charge in [0.05, 0.1) is 11.4 Å². The Morgan fingerprint density at radius 1 is 1.14 bits per heavy atom. The number of nitrogens with one attached hydrogen (secondary N) is 1. The number of aryl methyl sites for hydroxylation is 1. The number of benzene rings is 2. The van der Waals surface area contributed by atoms with E-state index in [2.05, 4.69) is 5.32 Å². The van der Waals surface area contributed by atoms with Crippen molar-refractivity contribution in [1.29, 1.82) is 0 Å². The Bertz CT molecular complexity index is 946. The van der Waals surface area contributed by atoms with Crippen LogP contribution in [0.2, 0.25) is 5.02 Å². The van der Waals surface area contributed by atoms with Gasteiger partial charge < -0.3 is 14.8 Å². The van der Waals surface area contributed by atoms with Gasteiger partial charge in [0.2, 0.25) is 10.0 Å². The highest BCUT2D eigenvalue weighted by molar-refractivity contribution is 7.89. The predicted molar refractivity (Wildman–Crippen MR) is 112 cm³/mol. The van der Waals surface area contributed by atoms with Crippen LogP contribution < -0.4 is 14.8 Å². The van der Waals surface area contributed by atoms with E-state index in [1.54, 1.807) is 37.3 Å². The molecule has 0 aliphatic rings. The summed E-state index contributed by atoms with van der Waals surface area (Å²) in [5.41, 5.74) is 0.870. The first-order valence-electron chi connectivity index (χ1n) is 8.97. The summed E-state index contributed by atoms with van der Waals surface area (Å²) in [7, 11) is -0.524. The number of hydrogen-bond donors (Lipinski definition) is 1. The number of carbonyl (C=O) groups is 1. The maximum Gasteiger partial charge on any atom is 0.260 e. The average molecular weight is 441 g/mol. The van der Waals surface area contributed by atoms with Crippen molar-refractivity contribution in [3.63, 3.8) is 0 Å². The van der Waals surface area contributed by atoms with Crippen LogP contribution in [-0.2, 0) is 14.8 Å². The molecule has 0 aliphatic carbocycles. The fraction of sp³-hybridized carbons (Fsp3) is 0.350. The van der Waals surface area contributed by atoms with Crippen LogP contribution in [0.4, 0.5) is 0 Å². The molecule has 1 N–H and O–H groups in total. The monoisotopic (exact) mass is 440 g/mol. The number of sulfonamides is 1. The summed E-state index contributed by atoms with van der Waals surface area (Å²) in [6, 6.07) is 11.3. The Labute approximate surface area is 176 Å². The summed E-state index contributed by atoms with van der Waals surface area (Å²) in [6.07, 6.45) is -0.675. The third kappa shape index (κ3) is 6.35. The molecule has 2 rings (SSSR count). The van der Waals surface area contributed by atoms with E-state index in [1.165, 1.54) is 26.2 Å². The van der Waals surface area contributed by atoms with Gasteiger partial charge in [-0.1, -0.05) is 11.6 Å². The van der Waals surface area contributed by atoms with Crippen LogP contribution in [0.3, 0.4) is 0 Å². The molecule has 0 saturated heterocycles. The zero-order chi connectivity index (χ0) is 21.6. The van der Waals surface area contributed by atoms with E-state index in [9.17, 15) is 13.2 Å². The summed E-state index contributed by atoms with van der Waals surface area (Å²) in [5.74, 6) is 0.810. The van der Waals surface area contributed by atoms with Crippen LogP contribution in [0.15, 0.2) is 47.4 Å². The first kappa shape index (κ1) is 23.0. The van der Waals surface area contributed by atoms with Crippen molar-refractivity contribution in [2.45, 2.75) is 24.8 Å². The minimum atomic E-state index is -3.47. The molecule has 0 aliphatic heterocycles. The molecule has 29 heavy (non-hydrogen) atoms. The Hall–Kier alpha value is -2.29. The van der Waals surface area contributed by atoms with Gasteiger partial charge in [-0.3, -0.25) is 4.79 Å². The molecular weight excluding hydrogens is 416 g/mol. The van der Waals surface area contributed by atoms with E-state index < -0.39 is 16.1 Å². The number of ether oxygens (including phenoxy) is 2. The lowest BCUT2D eigenvalue weighted by Gasteiger charge is -2.16. The number of carbonyl (C=O) groups excluding carboxylic acids is 1. The van der Waals surface area contributed by atoms with Crippen molar-refractivity contribution in [2.75, 3.05) is 27.2 Å². The molecule has 2 aromatic rings. The normalized spacial score (nSPS) is 12.5. The lowest BCUT2D eigenvalue weighted by Crippen LogP contribution is -2.38. The predicted octanol–water partition coefficient (Wildman–Crippen LogP) is 2.86. The zero-order valence-corrected chi connectivity index (χ0v) is 18.4. The molecule has 0 bridgehead atoms. The summed E-state index contributed by atoms with van der Waals surface area (Å²) in [6.45, 7) is 4.03. The lowest BCUT2D eigenvalue weighted by molar-refractivity contribution is -0.127. The van der Waals surface area contributed by atoms with Crippen molar-refractivity contribution < 1.29 is 22.7 Å². The number of hydrogen-bond acceptors (Lipinski definition) is 5. The molecule has 0 unspecified atom stereocenters. The molecular formula is C20H25ClN2O5S. The second-order valence-electron chi connectivity index (χ2n) is 6.57. The standard InChI is InChI=1S/C20H25ClN2O5S/c1-14-13-17(7-10-19(14)21)28-15(2)20(24)22-11-12-27-16-5-8-18(9-6-16)29(25,26)23(3)4/h5-10,13,15H,11-12H2,1-4H3,(H,22,24)/t15-/m1/s1. The first-order chi connectivity index (χ1) is 13.6. The minimum Gasteiger partial charge on any atom is -0.492 e. The van der Waals surface area contributed by atoms with E-state index in [-0.39, 0.29) is 24.0 Å². The van der Waals surface area contributed by atoms with Gasteiger partial charge in [0.25, 0.3) is 5.91 Å². The van der Waals surface area contributed by atoms with Crippen LogP contribution in [0.1, 0.15) is 12.5 Å². The highest BCUT2D eigenvalue weighted by Crippen LogP contribution is 2.22. The van der Waals surface area contributed by atoms with E-state index in [0.29, 0.717) is 16.5 Å². The van der Waals surface area contributed by atoms with Crippen molar-refractivity contribution >= 4 is 27.5 Å². The van der Waals surface area contributed by atoms with E-state index >= 15 is 0 Å². The highest BCUT2D eigenvalue weighted by atomic mass is 35.5. The summed E-state index contributed by atoms with van der Waals surface area (Å²) >= 11 is 5.98. The molecule has 158 valence electrons. The molecule has 0 saturated carbocycles. The molecule has 0 aromatic heterocycles. The van der Waals surface area contributed by atoms with E-state index in [4.69, 9.17) is 21.1 Å². The molecule has 9 heteroatoms. The molecule has 0 heterocycles. The summed E-state index contributed by atoms with van der Waals surface area (Å²) in [4.78, 5) is 12.3. The van der Waals surface area contributed by atoms with Gasteiger partial charge in [-0.05, 0) is 61.9 Å². The van der Waals surface area contributed by atoms with Crippen LogP contribution in [0, 0.1) is 6.92 Å². The topological polar surface area (TPSA) is 84.9 Å². The largest absolute Gasteiger partial charge is 0.492 e. The fourth-order valence-corrected chi connectivity index (χ4v) is 3.37. The minimum absolute atomic E-state index is 0.187. The quantitative estimate of drug-likeness (QED) is 0.606. The third-order valence-corrected chi connectivity index (χ3v) is 6.34. The second-order valence-corrected chi connectivity index (χ2v) is 9.13. The van der Waals surface area contributed by atoms with Crippen LogP contribution >= 0.6 is 11.6 Å². The highest BCUT2D eigenvalue weighted by Gasteiger charge is 2.17. The second kappa shape index (κ2) is 9.96. The Morgan fingerprint density at radius 3 is 2.34 bits per heavy atom. The van der Waals surface area contributed by atoms with Gasteiger partial charge in [0, 0.05) is 19.1 Å². The third-order valence-electron chi connectivity index (χ3n) is 4.08. The number of halogens is 1. The van der Waals surface area contributed by atoms with Gasteiger partial charge in [-0.25, -0.2) is 12.7 Å².